The summed E-state index contributed by atoms with van der Waals surface area (Å²) in [6.45, 7) is 5.53. The first-order valence-corrected chi connectivity index (χ1v) is 10.0. The number of carbonyl (C=O) groups is 1. The molecule has 1 atom stereocenters. The van der Waals surface area contributed by atoms with Gasteiger partial charge in [0, 0.05) is 12.1 Å². The van der Waals surface area contributed by atoms with Gasteiger partial charge in [0.2, 0.25) is 5.91 Å². The predicted octanol–water partition coefficient (Wildman–Crippen LogP) is 4.04. The zero-order valence-corrected chi connectivity index (χ0v) is 17.1. The quantitative estimate of drug-likeness (QED) is 0.657. The zero-order valence-electron chi connectivity index (χ0n) is 17.1. The highest BCUT2D eigenvalue weighted by Gasteiger charge is 2.27. The molecule has 0 unspecified atom stereocenters. The summed E-state index contributed by atoms with van der Waals surface area (Å²) in [5.41, 5.74) is 5.29. The summed E-state index contributed by atoms with van der Waals surface area (Å²) in [5, 5.41) is 0. The summed E-state index contributed by atoms with van der Waals surface area (Å²) in [7, 11) is 0. The van der Waals surface area contributed by atoms with Gasteiger partial charge < -0.3 is 9.64 Å². The molecule has 30 heavy (non-hydrogen) atoms. The molecule has 2 aromatic carbocycles. The second kappa shape index (κ2) is 8.71. The first-order chi connectivity index (χ1) is 14.5. The average Bonchev–Trinajstić information content (AvgIpc) is 2.76. The number of hydrogen-bond donors (Lipinski definition) is 0. The number of amides is 1. The normalized spacial score (nSPS) is 16.5. The van der Waals surface area contributed by atoms with Crippen LogP contribution in [0.2, 0.25) is 0 Å². The van der Waals surface area contributed by atoms with Gasteiger partial charge in [0.15, 0.2) is 0 Å². The maximum Gasteiger partial charge on any atom is 0.227 e. The molecule has 0 spiro atoms. The number of halogens is 1. The molecule has 6 heteroatoms. The zero-order chi connectivity index (χ0) is 21.1. The second-order valence-electron chi connectivity index (χ2n) is 7.63. The number of aryl methyl sites for hydroxylation is 2. The van der Waals surface area contributed by atoms with Crippen LogP contribution in [0.4, 0.5) is 4.39 Å². The lowest BCUT2D eigenvalue weighted by Crippen LogP contribution is -2.43. The molecule has 1 aliphatic rings. The van der Waals surface area contributed by atoms with Crippen LogP contribution in [0.5, 0.6) is 0 Å². The van der Waals surface area contributed by atoms with Crippen molar-refractivity contribution < 1.29 is 13.9 Å². The Labute approximate surface area is 175 Å². The average molecular weight is 405 g/mol. The van der Waals surface area contributed by atoms with Crippen LogP contribution < -0.4 is 0 Å². The van der Waals surface area contributed by atoms with Gasteiger partial charge >= 0.3 is 0 Å². The van der Waals surface area contributed by atoms with Gasteiger partial charge in [0.05, 0.1) is 43.4 Å². The van der Waals surface area contributed by atoms with Crippen molar-refractivity contribution in [1.82, 2.24) is 14.9 Å². The van der Waals surface area contributed by atoms with E-state index in [9.17, 15) is 9.18 Å². The van der Waals surface area contributed by atoms with E-state index in [4.69, 9.17) is 4.74 Å². The van der Waals surface area contributed by atoms with Crippen LogP contribution in [0, 0.1) is 19.7 Å². The summed E-state index contributed by atoms with van der Waals surface area (Å²) in [4.78, 5) is 23.5. The molecule has 0 bridgehead atoms. The number of rotatable bonds is 4. The summed E-state index contributed by atoms with van der Waals surface area (Å²) in [6, 6.07) is 12.4. The maximum absolute atomic E-state index is 13.6. The third-order valence-electron chi connectivity index (χ3n) is 5.45. The molecule has 0 saturated carbocycles. The Kier molecular flexibility index (Phi) is 5.86. The smallest absolute Gasteiger partial charge is 0.227 e. The first-order valence-electron chi connectivity index (χ1n) is 10.0. The van der Waals surface area contributed by atoms with E-state index in [-0.39, 0.29) is 17.8 Å². The van der Waals surface area contributed by atoms with E-state index in [0.717, 1.165) is 5.56 Å². The first kappa shape index (κ1) is 20.2. The molecule has 154 valence electrons. The van der Waals surface area contributed by atoms with Gasteiger partial charge in [-0.25, -0.2) is 9.37 Å². The number of morpholine rings is 1. The fraction of sp³-hybridized carbons (Fsp3) is 0.292. The lowest BCUT2D eigenvalue weighted by Gasteiger charge is -2.32. The van der Waals surface area contributed by atoms with Gasteiger partial charge in [-0.3, -0.25) is 9.78 Å². The van der Waals surface area contributed by atoms with Gasteiger partial charge in [0.1, 0.15) is 11.9 Å². The molecule has 0 N–H and O–H groups in total. The van der Waals surface area contributed by atoms with Gasteiger partial charge in [-0.2, -0.15) is 0 Å². The highest BCUT2D eigenvalue weighted by molar-refractivity contribution is 5.79. The molecule has 1 aromatic heterocycles. The minimum atomic E-state index is -0.358. The van der Waals surface area contributed by atoms with Crippen molar-refractivity contribution in [2.24, 2.45) is 0 Å². The lowest BCUT2D eigenvalue weighted by atomic mass is 10.0. The van der Waals surface area contributed by atoms with E-state index >= 15 is 0 Å². The number of nitrogens with zero attached hydrogens (tertiary/aromatic N) is 3. The van der Waals surface area contributed by atoms with E-state index in [1.54, 1.807) is 24.5 Å². The molecule has 1 saturated heterocycles. The number of aromatic nitrogens is 2. The standard InChI is InChI=1S/C24H24FN3O2/c1-16-6-7-18(10-17(16)2)11-24(29)28-8-9-30-23(15-28)22-14-26-13-21(27-22)19-4-3-5-20(25)12-19/h3-7,10,12-14,23H,8-9,11,15H2,1-2H3/t23-/m1/s1. The largest absolute Gasteiger partial charge is 0.368 e. The number of carbonyl (C=O) groups excluding carboxylic acids is 1. The number of ether oxygens (including phenoxy) is 1. The van der Waals surface area contributed by atoms with Crippen molar-refractivity contribution in [1.29, 1.82) is 0 Å². The Balaban J connectivity index is 1.48. The topological polar surface area (TPSA) is 55.3 Å². The van der Waals surface area contributed by atoms with E-state index < -0.39 is 0 Å². The molecule has 1 fully saturated rings. The highest BCUT2D eigenvalue weighted by atomic mass is 19.1. The van der Waals surface area contributed by atoms with Crippen LogP contribution in [-0.2, 0) is 16.0 Å². The Morgan fingerprint density at radius 2 is 2.03 bits per heavy atom. The number of benzene rings is 2. The molecule has 0 aliphatic carbocycles. The van der Waals surface area contributed by atoms with Gasteiger partial charge in [-0.15, -0.1) is 0 Å². The summed E-state index contributed by atoms with van der Waals surface area (Å²) in [6.07, 6.45) is 3.25. The molecule has 3 aromatic rings. The highest BCUT2D eigenvalue weighted by Crippen LogP contribution is 2.24. The van der Waals surface area contributed by atoms with Gasteiger partial charge in [0.25, 0.3) is 0 Å². The van der Waals surface area contributed by atoms with Crippen molar-refractivity contribution in [3.05, 3.63) is 83.1 Å². The Hall–Kier alpha value is -3.12. The summed E-state index contributed by atoms with van der Waals surface area (Å²) in [5.74, 6) is -0.252. The van der Waals surface area contributed by atoms with Crippen LogP contribution in [0.3, 0.4) is 0 Å². The Bertz CT molecular complexity index is 1070. The predicted molar refractivity (Wildman–Crippen MR) is 112 cm³/mol. The van der Waals surface area contributed by atoms with Crippen molar-refractivity contribution in [2.45, 2.75) is 26.4 Å². The van der Waals surface area contributed by atoms with Crippen LogP contribution in [0.15, 0.2) is 54.9 Å². The minimum Gasteiger partial charge on any atom is -0.368 e. The van der Waals surface area contributed by atoms with Crippen molar-refractivity contribution in [3.63, 3.8) is 0 Å². The van der Waals surface area contributed by atoms with E-state index in [0.29, 0.717) is 43.1 Å². The Morgan fingerprint density at radius 1 is 1.17 bits per heavy atom. The fourth-order valence-electron chi connectivity index (χ4n) is 3.58. The fourth-order valence-corrected chi connectivity index (χ4v) is 3.58. The molecule has 1 aliphatic heterocycles. The number of hydrogen-bond acceptors (Lipinski definition) is 4. The lowest BCUT2D eigenvalue weighted by molar-refractivity contribution is -0.138. The van der Waals surface area contributed by atoms with Gasteiger partial charge in [-0.05, 0) is 42.7 Å². The molecular weight excluding hydrogens is 381 g/mol. The SMILES string of the molecule is Cc1ccc(CC(=O)N2CCO[C@@H](c3cncc(-c4cccc(F)c4)n3)C2)cc1C. The molecule has 4 rings (SSSR count). The summed E-state index contributed by atoms with van der Waals surface area (Å²) < 4.78 is 19.4. The monoisotopic (exact) mass is 405 g/mol. The van der Waals surface area contributed by atoms with Gasteiger partial charge in [-0.1, -0.05) is 30.3 Å². The Morgan fingerprint density at radius 3 is 2.83 bits per heavy atom. The molecular formula is C24H24FN3O2. The summed E-state index contributed by atoms with van der Waals surface area (Å²) >= 11 is 0. The van der Waals surface area contributed by atoms with Crippen LogP contribution in [-0.4, -0.2) is 40.5 Å². The van der Waals surface area contributed by atoms with Crippen molar-refractivity contribution >= 4 is 5.91 Å². The third-order valence-corrected chi connectivity index (χ3v) is 5.45. The molecule has 0 radical (unpaired) electrons. The maximum atomic E-state index is 13.6. The van der Waals surface area contributed by atoms with Crippen molar-refractivity contribution in [2.75, 3.05) is 19.7 Å². The minimum absolute atomic E-state index is 0.0702. The van der Waals surface area contributed by atoms with E-state index in [1.807, 2.05) is 17.0 Å². The van der Waals surface area contributed by atoms with Crippen molar-refractivity contribution in [3.8, 4) is 11.3 Å². The molecule has 5 nitrogen and oxygen atoms in total. The van der Waals surface area contributed by atoms with E-state index in [2.05, 4.69) is 29.9 Å². The second-order valence-corrected chi connectivity index (χ2v) is 7.63. The van der Waals surface area contributed by atoms with Crippen LogP contribution in [0.25, 0.3) is 11.3 Å². The molecule has 1 amide bonds. The van der Waals surface area contributed by atoms with Crippen LogP contribution in [0.1, 0.15) is 28.5 Å². The third kappa shape index (κ3) is 4.54. The molecule has 2 heterocycles. The van der Waals surface area contributed by atoms with Crippen LogP contribution >= 0.6 is 0 Å². The van der Waals surface area contributed by atoms with E-state index in [1.165, 1.54) is 23.3 Å².